The van der Waals surface area contributed by atoms with Crippen molar-refractivity contribution in [3.05, 3.63) is 72.1 Å². The molecule has 1 atom stereocenters. The van der Waals surface area contributed by atoms with Gasteiger partial charge < -0.3 is 15.7 Å². The van der Waals surface area contributed by atoms with Gasteiger partial charge in [-0.15, -0.1) is 0 Å². The van der Waals surface area contributed by atoms with Crippen LogP contribution in [-0.2, 0) is 4.79 Å². The largest absolute Gasteiger partial charge is 0.506 e. The molecule has 172 valence electrons. The number of unbranched alkanes of at least 4 members (excludes halogenated alkanes) is 2. The smallest absolute Gasteiger partial charge is 0.252 e. The van der Waals surface area contributed by atoms with E-state index in [4.69, 9.17) is 0 Å². The van der Waals surface area contributed by atoms with Crippen molar-refractivity contribution >= 4 is 17.5 Å². The Bertz CT molecular complexity index is 1090. The number of anilines is 1. The number of aromatic hydroxyl groups is 1. The Kier molecular flexibility index (Phi) is 8.52. The zero-order chi connectivity index (χ0) is 23.6. The number of carbonyl (C=O) groups excluding carboxylic acids is 2. The summed E-state index contributed by atoms with van der Waals surface area (Å²) in [6, 6.07) is 13.9. The standard InChI is InChI=1S/C26H30N4O3/c1-3-4-5-9-19(25(32)30-22-10-6-7-11-23(22)31)17-29-26(33)21-16-18(2)12-13-20(21)24-27-14-8-15-28-24/h6-8,10-16,19,31H,3-5,9,17H2,1-2H3,(H,29,33)(H,30,32). The van der Waals surface area contributed by atoms with E-state index in [1.54, 1.807) is 42.7 Å². The summed E-state index contributed by atoms with van der Waals surface area (Å²) in [6.07, 6.45) is 6.81. The molecule has 0 fully saturated rings. The second-order valence-electron chi connectivity index (χ2n) is 8.03. The average Bonchev–Trinajstić information content (AvgIpc) is 2.83. The van der Waals surface area contributed by atoms with Crippen LogP contribution in [0.4, 0.5) is 5.69 Å². The van der Waals surface area contributed by atoms with Crippen LogP contribution in [-0.4, -0.2) is 33.4 Å². The molecule has 2 aromatic carbocycles. The first kappa shape index (κ1) is 23.9. The number of nitrogens with zero attached hydrogens (tertiary/aromatic N) is 2. The Labute approximate surface area is 194 Å². The summed E-state index contributed by atoms with van der Waals surface area (Å²) in [5, 5.41) is 15.7. The number of aromatic nitrogens is 2. The van der Waals surface area contributed by atoms with Crippen molar-refractivity contribution in [2.24, 2.45) is 5.92 Å². The number of hydrogen-bond donors (Lipinski definition) is 3. The molecule has 0 aliphatic heterocycles. The van der Waals surface area contributed by atoms with E-state index in [0.717, 1.165) is 24.8 Å². The normalized spacial score (nSPS) is 11.6. The van der Waals surface area contributed by atoms with E-state index in [2.05, 4.69) is 27.5 Å². The van der Waals surface area contributed by atoms with E-state index < -0.39 is 5.92 Å². The highest BCUT2D eigenvalue weighted by Gasteiger charge is 2.22. The Morgan fingerprint density at radius 2 is 1.79 bits per heavy atom. The van der Waals surface area contributed by atoms with Crippen LogP contribution < -0.4 is 10.6 Å². The summed E-state index contributed by atoms with van der Waals surface area (Å²) in [5.74, 6) is -0.462. The maximum absolute atomic E-state index is 13.1. The molecule has 0 radical (unpaired) electrons. The molecule has 0 bridgehead atoms. The van der Waals surface area contributed by atoms with Gasteiger partial charge in [0.15, 0.2) is 5.82 Å². The second-order valence-corrected chi connectivity index (χ2v) is 8.03. The third-order valence-corrected chi connectivity index (χ3v) is 5.42. The molecule has 0 aliphatic carbocycles. The van der Waals surface area contributed by atoms with Gasteiger partial charge in [-0.2, -0.15) is 0 Å². The van der Waals surface area contributed by atoms with Crippen molar-refractivity contribution in [2.75, 3.05) is 11.9 Å². The van der Waals surface area contributed by atoms with E-state index >= 15 is 0 Å². The lowest BCUT2D eigenvalue weighted by Gasteiger charge is -2.18. The van der Waals surface area contributed by atoms with Crippen molar-refractivity contribution in [1.29, 1.82) is 0 Å². The third kappa shape index (κ3) is 6.62. The van der Waals surface area contributed by atoms with Crippen LogP contribution in [0, 0.1) is 12.8 Å². The Morgan fingerprint density at radius 1 is 1.03 bits per heavy atom. The average molecular weight is 447 g/mol. The quantitative estimate of drug-likeness (QED) is 0.309. The molecule has 2 amide bonds. The zero-order valence-electron chi connectivity index (χ0n) is 19.0. The molecule has 0 saturated heterocycles. The van der Waals surface area contributed by atoms with Crippen LogP contribution in [0.25, 0.3) is 11.4 Å². The molecule has 7 heteroatoms. The van der Waals surface area contributed by atoms with Crippen LogP contribution in [0.5, 0.6) is 5.75 Å². The summed E-state index contributed by atoms with van der Waals surface area (Å²) in [6.45, 7) is 4.20. The number of phenols is 1. The molecule has 3 rings (SSSR count). The molecule has 1 unspecified atom stereocenters. The fourth-order valence-corrected chi connectivity index (χ4v) is 3.57. The number of rotatable bonds is 10. The highest BCUT2D eigenvalue weighted by atomic mass is 16.3. The minimum Gasteiger partial charge on any atom is -0.506 e. The van der Waals surface area contributed by atoms with Crippen LogP contribution >= 0.6 is 0 Å². The SMILES string of the molecule is CCCCCC(CNC(=O)c1cc(C)ccc1-c1ncccn1)C(=O)Nc1ccccc1O. The fraction of sp³-hybridized carbons (Fsp3) is 0.308. The van der Waals surface area contributed by atoms with Crippen molar-refractivity contribution < 1.29 is 14.7 Å². The van der Waals surface area contributed by atoms with Crippen LogP contribution in [0.2, 0.25) is 0 Å². The monoisotopic (exact) mass is 446 g/mol. The molecule has 0 spiro atoms. The Balaban J connectivity index is 1.75. The second kappa shape index (κ2) is 11.8. The van der Waals surface area contributed by atoms with E-state index in [-0.39, 0.29) is 24.1 Å². The van der Waals surface area contributed by atoms with Gasteiger partial charge in [0.1, 0.15) is 5.75 Å². The molecule has 3 N–H and O–H groups in total. The number of nitrogens with one attached hydrogen (secondary N) is 2. The van der Waals surface area contributed by atoms with Crippen LogP contribution in [0.3, 0.4) is 0 Å². The summed E-state index contributed by atoms with van der Waals surface area (Å²) in [5.41, 5.74) is 2.41. The Hall–Kier alpha value is -3.74. The summed E-state index contributed by atoms with van der Waals surface area (Å²) < 4.78 is 0. The van der Waals surface area contributed by atoms with Gasteiger partial charge in [-0.05, 0) is 37.6 Å². The summed E-state index contributed by atoms with van der Waals surface area (Å²) in [7, 11) is 0. The number of para-hydroxylation sites is 2. The molecular weight excluding hydrogens is 416 g/mol. The lowest BCUT2D eigenvalue weighted by atomic mass is 9.99. The fourth-order valence-electron chi connectivity index (χ4n) is 3.57. The first-order valence-corrected chi connectivity index (χ1v) is 11.2. The molecular formula is C26H30N4O3. The van der Waals surface area contributed by atoms with Gasteiger partial charge in [0.05, 0.1) is 17.2 Å². The molecule has 3 aromatic rings. The number of benzene rings is 2. The van der Waals surface area contributed by atoms with Gasteiger partial charge in [0.25, 0.3) is 5.91 Å². The van der Waals surface area contributed by atoms with Crippen LogP contribution in [0.15, 0.2) is 60.9 Å². The number of phenolic OH excluding ortho intramolecular Hbond substituents is 1. The maximum Gasteiger partial charge on any atom is 0.252 e. The van der Waals surface area contributed by atoms with Gasteiger partial charge >= 0.3 is 0 Å². The van der Waals surface area contributed by atoms with Gasteiger partial charge in [-0.3, -0.25) is 9.59 Å². The molecule has 1 aromatic heterocycles. The molecule has 1 heterocycles. The zero-order valence-corrected chi connectivity index (χ0v) is 19.0. The first-order valence-electron chi connectivity index (χ1n) is 11.2. The molecule has 33 heavy (non-hydrogen) atoms. The first-order chi connectivity index (χ1) is 16.0. The lowest BCUT2D eigenvalue weighted by molar-refractivity contribution is -0.119. The van der Waals surface area contributed by atoms with Gasteiger partial charge in [0.2, 0.25) is 5.91 Å². The topological polar surface area (TPSA) is 104 Å². The van der Waals surface area contributed by atoms with Crippen molar-refractivity contribution in [3.8, 4) is 17.1 Å². The van der Waals surface area contributed by atoms with Crippen molar-refractivity contribution in [3.63, 3.8) is 0 Å². The Morgan fingerprint density at radius 3 is 2.52 bits per heavy atom. The van der Waals surface area contributed by atoms with Crippen LogP contribution in [0.1, 0.15) is 48.5 Å². The van der Waals surface area contributed by atoms with E-state index in [9.17, 15) is 14.7 Å². The predicted molar refractivity (Wildman–Crippen MR) is 129 cm³/mol. The summed E-state index contributed by atoms with van der Waals surface area (Å²) in [4.78, 5) is 34.6. The molecule has 7 nitrogen and oxygen atoms in total. The maximum atomic E-state index is 13.1. The minimum absolute atomic E-state index is 0.00876. The van der Waals surface area contributed by atoms with E-state index in [1.807, 2.05) is 19.1 Å². The number of amides is 2. The molecule has 0 saturated carbocycles. The third-order valence-electron chi connectivity index (χ3n) is 5.42. The minimum atomic E-state index is -0.429. The number of carbonyl (C=O) groups is 2. The summed E-state index contributed by atoms with van der Waals surface area (Å²) >= 11 is 0. The van der Waals surface area contributed by atoms with Gasteiger partial charge in [-0.25, -0.2) is 9.97 Å². The van der Waals surface area contributed by atoms with E-state index in [1.165, 1.54) is 6.07 Å². The molecule has 0 aliphatic rings. The van der Waals surface area contributed by atoms with E-state index in [0.29, 0.717) is 29.1 Å². The van der Waals surface area contributed by atoms with Crippen molar-refractivity contribution in [1.82, 2.24) is 15.3 Å². The van der Waals surface area contributed by atoms with Crippen molar-refractivity contribution in [2.45, 2.75) is 39.5 Å². The number of hydrogen-bond acceptors (Lipinski definition) is 5. The number of aryl methyl sites for hydroxylation is 1. The highest BCUT2D eigenvalue weighted by molar-refractivity contribution is 6.01. The predicted octanol–water partition coefficient (Wildman–Crippen LogP) is 4.72. The lowest BCUT2D eigenvalue weighted by Crippen LogP contribution is -2.36. The van der Waals surface area contributed by atoms with Gasteiger partial charge in [-0.1, -0.05) is 56.0 Å². The van der Waals surface area contributed by atoms with Gasteiger partial charge in [0, 0.05) is 24.5 Å². The highest BCUT2D eigenvalue weighted by Crippen LogP contribution is 2.24.